The third-order valence-corrected chi connectivity index (χ3v) is 3.12. The van der Waals surface area contributed by atoms with Crippen LogP contribution < -0.4 is 4.74 Å². The van der Waals surface area contributed by atoms with Gasteiger partial charge in [-0.2, -0.15) is 0 Å². The van der Waals surface area contributed by atoms with Crippen molar-refractivity contribution in [1.82, 2.24) is 9.88 Å². The summed E-state index contributed by atoms with van der Waals surface area (Å²) in [5, 5.41) is 9.69. The lowest BCUT2D eigenvalue weighted by Crippen LogP contribution is -2.33. The monoisotopic (exact) mass is 288 g/mol. The van der Waals surface area contributed by atoms with Crippen molar-refractivity contribution < 1.29 is 19.4 Å². The number of carbonyl (C=O) groups is 2. The maximum absolute atomic E-state index is 12.0. The van der Waals surface area contributed by atoms with Crippen LogP contribution >= 0.6 is 0 Å². The Kier molecular flexibility index (Phi) is 4.37. The van der Waals surface area contributed by atoms with Gasteiger partial charge in [-0.25, -0.2) is 14.6 Å². The van der Waals surface area contributed by atoms with E-state index in [1.54, 1.807) is 24.3 Å². The fraction of sp³-hybridized carbons (Fsp3) is 0.267. The second kappa shape index (κ2) is 6.21. The van der Waals surface area contributed by atoms with E-state index >= 15 is 0 Å². The molecular weight excluding hydrogens is 272 g/mol. The first-order valence-corrected chi connectivity index (χ1v) is 6.66. The van der Waals surface area contributed by atoms with E-state index in [0.717, 1.165) is 0 Å². The predicted octanol–water partition coefficient (Wildman–Crippen LogP) is 2.77. The smallest absolute Gasteiger partial charge is 0.415 e. The summed E-state index contributed by atoms with van der Waals surface area (Å²) < 4.78 is 5.35. The molecule has 1 N–H and O–H groups in total. The van der Waals surface area contributed by atoms with Crippen molar-refractivity contribution >= 4 is 23.0 Å². The molecule has 0 atom stereocenters. The zero-order valence-corrected chi connectivity index (χ0v) is 11.9. The summed E-state index contributed by atoms with van der Waals surface area (Å²) in [5.41, 5.74) is 0.316. The van der Waals surface area contributed by atoms with Gasteiger partial charge in [-0.1, -0.05) is 12.1 Å². The van der Waals surface area contributed by atoms with E-state index in [9.17, 15) is 9.59 Å². The molecule has 0 saturated heterocycles. The lowest BCUT2D eigenvalue weighted by atomic mass is 10.2. The minimum atomic E-state index is -1.17. The molecule has 1 aromatic heterocycles. The van der Waals surface area contributed by atoms with Gasteiger partial charge in [-0.3, -0.25) is 0 Å². The molecule has 2 aromatic rings. The van der Waals surface area contributed by atoms with Gasteiger partial charge < -0.3 is 14.7 Å². The first-order chi connectivity index (χ1) is 10.1. The molecule has 1 aromatic carbocycles. The number of rotatable bonds is 4. The molecule has 0 aliphatic heterocycles. The van der Waals surface area contributed by atoms with Crippen molar-refractivity contribution in [2.24, 2.45) is 0 Å². The molecule has 0 radical (unpaired) electrons. The fourth-order valence-electron chi connectivity index (χ4n) is 1.98. The predicted molar refractivity (Wildman–Crippen MR) is 77.6 cm³/mol. The van der Waals surface area contributed by atoms with Gasteiger partial charge in [0, 0.05) is 24.5 Å². The SMILES string of the molecule is CCN(CC)C(=O)Oc1cc(C(=O)O)nc2ccccc12. The Morgan fingerprint density at radius 2 is 1.90 bits per heavy atom. The standard InChI is InChI=1S/C15H16N2O4/c1-3-17(4-2)15(20)21-13-9-12(14(18)19)16-11-8-6-5-7-10(11)13/h5-9H,3-4H2,1-2H3,(H,18,19). The van der Waals surface area contributed by atoms with Crippen LogP contribution in [0.25, 0.3) is 10.9 Å². The molecule has 0 aliphatic carbocycles. The number of aromatic nitrogens is 1. The summed E-state index contributed by atoms with van der Waals surface area (Å²) in [4.78, 5) is 28.7. The van der Waals surface area contributed by atoms with Gasteiger partial charge >= 0.3 is 12.1 Å². The summed E-state index contributed by atoms with van der Waals surface area (Å²) in [6.07, 6.45) is -0.507. The van der Waals surface area contributed by atoms with Crippen molar-refractivity contribution in [2.75, 3.05) is 13.1 Å². The molecule has 1 heterocycles. The number of nitrogens with zero attached hydrogens (tertiary/aromatic N) is 2. The number of pyridine rings is 1. The van der Waals surface area contributed by atoms with Gasteiger partial charge in [0.05, 0.1) is 5.52 Å². The summed E-state index contributed by atoms with van der Waals surface area (Å²) in [6, 6.07) is 8.21. The van der Waals surface area contributed by atoms with Crippen molar-refractivity contribution in [1.29, 1.82) is 0 Å². The van der Waals surface area contributed by atoms with Crippen LogP contribution in [0.3, 0.4) is 0 Å². The molecule has 6 heteroatoms. The Morgan fingerprint density at radius 3 is 2.52 bits per heavy atom. The maximum Gasteiger partial charge on any atom is 0.415 e. The number of carboxylic acids is 1. The number of benzene rings is 1. The molecule has 0 saturated carbocycles. The van der Waals surface area contributed by atoms with Crippen LogP contribution in [0.5, 0.6) is 5.75 Å². The lowest BCUT2D eigenvalue weighted by molar-refractivity contribution is 0.0690. The highest BCUT2D eigenvalue weighted by Gasteiger charge is 2.17. The lowest BCUT2D eigenvalue weighted by Gasteiger charge is -2.18. The Labute approximate surface area is 122 Å². The van der Waals surface area contributed by atoms with Gasteiger partial charge in [-0.05, 0) is 26.0 Å². The number of para-hydroxylation sites is 1. The minimum Gasteiger partial charge on any atom is -0.477 e. The van der Waals surface area contributed by atoms with Gasteiger partial charge in [0.25, 0.3) is 0 Å². The molecule has 2 rings (SSSR count). The number of ether oxygens (including phenoxy) is 1. The number of fused-ring (bicyclic) bond motifs is 1. The third kappa shape index (κ3) is 3.10. The molecular formula is C15H16N2O4. The summed E-state index contributed by atoms with van der Waals surface area (Å²) in [6.45, 7) is 4.73. The van der Waals surface area contributed by atoms with E-state index in [1.807, 2.05) is 13.8 Å². The molecule has 1 amide bonds. The van der Waals surface area contributed by atoms with E-state index in [1.165, 1.54) is 11.0 Å². The Morgan fingerprint density at radius 1 is 1.24 bits per heavy atom. The number of aromatic carboxylic acids is 1. The molecule has 0 unspecified atom stereocenters. The second-order valence-electron chi connectivity index (χ2n) is 4.37. The Hall–Kier alpha value is -2.63. The zero-order chi connectivity index (χ0) is 15.4. The number of hydrogen-bond donors (Lipinski definition) is 1. The average molecular weight is 288 g/mol. The Balaban J connectivity index is 2.46. The van der Waals surface area contributed by atoms with Crippen LogP contribution in [0, 0.1) is 0 Å². The van der Waals surface area contributed by atoms with E-state index < -0.39 is 12.1 Å². The average Bonchev–Trinajstić information content (AvgIpc) is 2.48. The third-order valence-electron chi connectivity index (χ3n) is 3.12. The maximum atomic E-state index is 12.0. The highest BCUT2D eigenvalue weighted by molar-refractivity contribution is 5.94. The number of carboxylic acid groups (broad SMARTS) is 1. The van der Waals surface area contributed by atoms with E-state index in [4.69, 9.17) is 9.84 Å². The van der Waals surface area contributed by atoms with Crippen LogP contribution in [0.1, 0.15) is 24.3 Å². The van der Waals surface area contributed by atoms with Crippen molar-refractivity contribution in [2.45, 2.75) is 13.8 Å². The minimum absolute atomic E-state index is 0.156. The van der Waals surface area contributed by atoms with Crippen LogP contribution in [-0.2, 0) is 0 Å². The van der Waals surface area contributed by atoms with Gasteiger partial charge in [0.15, 0.2) is 5.69 Å². The summed E-state index contributed by atoms with van der Waals surface area (Å²) in [5.74, 6) is -0.962. The zero-order valence-electron chi connectivity index (χ0n) is 11.9. The molecule has 110 valence electrons. The number of hydrogen-bond acceptors (Lipinski definition) is 4. The number of carbonyl (C=O) groups excluding carboxylic acids is 1. The fourth-order valence-corrected chi connectivity index (χ4v) is 1.98. The van der Waals surface area contributed by atoms with Crippen LogP contribution in [0.2, 0.25) is 0 Å². The van der Waals surface area contributed by atoms with E-state index in [-0.39, 0.29) is 11.4 Å². The molecule has 21 heavy (non-hydrogen) atoms. The van der Waals surface area contributed by atoms with Crippen LogP contribution in [0.15, 0.2) is 30.3 Å². The normalized spacial score (nSPS) is 10.4. The summed E-state index contributed by atoms with van der Waals surface area (Å²) in [7, 11) is 0. The molecule has 0 fully saturated rings. The van der Waals surface area contributed by atoms with Gasteiger partial charge in [0.1, 0.15) is 5.75 Å². The summed E-state index contributed by atoms with van der Waals surface area (Å²) >= 11 is 0. The number of amides is 1. The topological polar surface area (TPSA) is 79.7 Å². The van der Waals surface area contributed by atoms with Crippen molar-refractivity contribution in [3.63, 3.8) is 0 Å². The van der Waals surface area contributed by atoms with Gasteiger partial charge in [0.2, 0.25) is 0 Å². The Bertz CT molecular complexity index is 680. The van der Waals surface area contributed by atoms with E-state index in [0.29, 0.717) is 24.0 Å². The highest BCUT2D eigenvalue weighted by Crippen LogP contribution is 2.26. The first-order valence-electron chi connectivity index (χ1n) is 6.66. The van der Waals surface area contributed by atoms with Crippen LogP contribution in [0.4, 0.5) is 4.79 Å². The van der Waals surface area contributed by atoms with Crippen molar-refractivity contribution in [3.8, 4) is 5.75 Å². The van der Waals surface area contributed by atoms with Crippen molar-refractivity contribution in [3.05, 3.63) is 36.0 Å². The molecule has 6 nitrogen and oxygen atoms in total. The highest BCUT2D eigenvalue weighted by atomic mass is 16.6. The quantitative estimate of drug-likeness (QED) is 0.935. The molecule has 0 spiro atoms. The molecule has 0 aliphatic rings. The largest absolute Gasteiger partial charge is 0.477 e. The molecule has 0 bridgehead atoms. The van der Waals surface area contributed by atoms with Gasteiger partial charge in [-0.15, -0.1) is 0 Å². The first kappa shape index (κ1) is 14.8. The second-order valence-corrected chi connectivity index (χ2v) is 4.37. The van der Waals surface area contributed by atoms with E-state index in [2.05, 4.69) is 4.98 Å². The van der Waals surface area contributed by atoms with Crippen LogP contribution in [-0.4, -0.2) is 40.1 Å².